The highest BCUT2D eigenvalue weighted by atomic mass is 16.5. The Hall–Kier alpha value is -3.87. The number of aryl methyl sites for hydroxylation is 1. The van der Waals surface area contributed by atoms with E-state index in [0.29, 0.717) is 22.9 Å². The van der Waals surface area contributed by atoms with Gasteiger partial charge in [-0.25, -0.2) is 9.78 Å². The number of furan rings is 1. The second kappa shape index (κ2) is 8.02. The van der Waals surface area contributed by atoms with Gasteiger partial charge in [-0.1, -0.05) is 24.3 Å². The number of esters is 1. The van der Waals surface area contributed by atoms with Gasteiger partial charge in [-0.05, 0) is 43.3 Å². The third kappa shape index (κ3) is 4.19. The SMILES string of the molecule is Cc1cccc2nc(COC(=O)c3ccc(COc4ccccc4)o3)cc(=O)n12. The van der Waals surface area contributed by atoms with Gasteiger partial charge in [-0.3, -0.25) is 9.20 Å². The van der Waals surface area contributed by atoms with Crippen LogP contribution in [0, 0.1) is 6.92 Å². The zero-order valence-electron chi connectivity index (χ0n) is 15.7. The standard InChI is InChI=1S/C22H18N2O5/c1-15-6-5-9-20-23-16(12-21(25)24(15)20)13-28-22(26)19-11-10-18(29-19)14-27-17-7-3-2-4-8-17/h2-12H,13-14H2,1H3. The maximum atomic E-state index is 12.3. The number of carbonyl (C=O) groups excluding carboxylic acids is 1. The molecule has 0 aliphatic carbocycles. The molecule has 29 heavy (non-hydrogen) atoms. The Morgan fingerprint density at radius 3 is 2.69 bits per heavy atom. The van der Waals surface area contributed by atoms with Gasteiger partial charge in [0.1, 0.15) is 30.4 Å². The maximum Gasteiger partial charge on any atom is 0.374 e. The maximum absolute atomic E-state index is 12.3. The molecule has 0 aliphatic heterocycles. The lowest BCUT2D eigenvalue weighted by Gasteiger charge is -2.07. The molecule has 1 aromatic carbocycles. The Balaban J connectivity index is 1.39. The van der Waals surface area contributed by atoms with E-state index in [1.807, 2.05) is 49.4 Å². The van der Waals surface area contributed by atoms with Crippen molar-refractivity contribution >= 4 is 11.6 Å². The fourth-order valence-electron chi connectivity index (χ4n) is 2.88. The summed E-state index contributed by atoms with van der Waals surface area (Å²) < 4.78 is 17.8. The van der Waals surface area contributed by atoms with Crippen LogP contribution in [0.5, 0.6) is 5.75 Å². The van der Waals surface area contributed by atoms with E-state index in [4.69, 9.17) is 13.9 Å². The van der Waals surface area contributed by atoms with Crippen LogP contribution in [0.2, 0.25) is 0 Å². The van der Waals surface area contributed by atoms with Crippen molar-refractivity contribution in [3.8, 4) is 5.75 Å². The number of rotatable bonds is 6. The molecule has 3 heterocycles. The van der Waals surface area contributed by atoms with E-state index in [-0.39, 0.29) is 24.5 Å². The molecule has 0 spiro atoms. The molecule has 0 aliphatic rings. The summed E-state index contributed by atoms with van der Waals surface area (Å²) in [5, 5.41) is 0. The first-order valence-corrected chi connectivity index (χ1v) is 9.02. The van der Waals surface area contributed by atoms with E-state index < -0.39 is 5.97 Å². The fourth-order valence-corrected chi connectivity index (χ4v) is 2.88. The van der Waals surface area contributed by atoms with E-state index in [1.54, 1.807) is 12.1 Å². The van der Waals surface area contributed by atoms with Gasteiger partial charge in [0.25, 0.3) is 5.56 Å². The first-order chi connectivity index (χ1) is 14.1. The molecule has 7 nitrogen and oxygen atoms in total. The van der Waals surface area contributed by atoms with Crippen molar-refractivity contribution in [2.75, 3.05) is 0 Å². The van der Waals surface area contributed by atoms with Gasteiger partial charge in [0.05, 0.1) is 5.69 Å². The molecule has 0 radical (unpaired) electrons. The van der Waals surface area contributed by atoms with E-state index in [2.05, 4.69) is 4.98 Å². The second-order valence-electron chi connectivity index (χ2n) is 6.39. The lowest BCUT2D eigenvalue weighted by Crippen LogP contribution is -2.18. The van der Waals surface area contributed by atoms with Crippen LogP contribution >= 0.6 is 0 Å². The van der Waals surface area contributed by atoms with E-state index >= 15 is 0 Å². The molecule has 4 rings (SSSR count). The number of hydrogen-bond donors (Lipinski definition) is 0. The van der Waals surface area contributed by atoms with Gasteiger partial charge in [0.15, 0.2) is 0 Å². The van der Waals surface area contributed by atoms with Crippen LogP contribution < -0.4 is 10.3 Å². The summed E-state index contributed by atoms with van der Waals surface area (Å²) in [6.45, 7) is 1.89. The van der Waals surface area contributed by atoms with Crippen LogP contribution in [-0.2, 0) is 18.0 Å². The van der Waals surface area contributed by atoms with Gasteiger partial charge in [-0.15, -0.1) is 0 Å². The molecule has 0 atom stereocenters. The molecule has 0 saturated heterocycles. The molecule has 3 aromatic heterocycles. The molecule has 0 bridgehead atoms. The molecule has 0 N–H and O–H groups in total. The minimum atomic E-state index is -0.637. The highest BCUT2D eigenvalue weighted by Gasteiger charge is 2.14. The minimum Gasteiger partial charge on any atom is -0.486 e. The van der Waals surface area contributed by atoms with Crippen molar-refractivity contribution in [2.45, 2.75) is 20.1 Å². The third-order valence-corrected chi connectivity index (χ3v) is 4.27. The first kappa shape index (κ1) is 18.5. The number of ether oxygens (including phenoxy) is 2. The van der Waals surface area contributed by atoms with Crippen molar-refractivity contribution in [3.63, 3.8) is 0 Å². The minimum absolute atomic E-state index is 0.0602. The van der Waals surface area contributed by atoms with Gasteiger partial charge in [0, 0.05) is 11.8 Å². The Labute approximate surface area is 166 Å². The molecule has 4 aromatic rings. The van der Waals surface area contributed by atoms with E-state index in [1.165, 1.54) is 16.5 Å². The predicted octanol–water partition coefficient (Wildman–Crippen LogP) is 3.53. The first-order valence-electron chi connectivity index (χ1n) is 9.02. The highest BCUT2D eigenvalue weighted by molar-refractivity contribution is 5.86. The zero-order chi connectivity index (χ0) is 20.2. The fraction of sp³-hybridized carbons (Fsp3) is 0.136. The highest BCUT2D eigenvalue weighted by Crippen LogP contribution is 2.15. The molecule has 0 fully saturated rings. The number of hydrogen-bond acceptors (Lipinski definition) is 6. The summed E-state index contributed by atoms with van der Waals surface area (Å²) in [5.74, 6) is 0.627. The predicted molar refractivity (Wildman–Crippen MR) is 105 cm³/mol. The number of benzene rings is 1. The van der Waals surface area contributed by atoms with Gasteiger partial charge in [0.2, 0.25) is 5.76 Å². The average molecular weight is 390 g/mol. The zero-order valence-corrected chi connectivity index (χ0v) is 15.7. The molecular formula is C22H18N2O5. The summed E-state index contributed by atoms with van der Waals surface area (Å²) >= 11 is 0. The van der Waals surface area contributed by atoms with Crippen LogP contribution in [0.15, 0.2) is 75.9 Å². The van der Waals surface area contributed by atoms with Crippen LogP contribution in [0.3, 0.4) is 0 Å². The lowest BCUT2D eigenvalue weighted by molar-refractivity contribution is 0.0427. The number of nitrogens with zero attached hydrogens (tertiary/aromatic N) is 2. The Morgan fingerprint density at radius 1 is 1.03 bits per heavy atom. The average Bonchev–Trinajstić information content (AvgIpc) is 3.20. The van der Waals surface area contributed by atoms with Crippen LogP contribution in [0.25, 0.3) is 5.65 Å². The molecule has 7 heteroatoms. The van der Waals surface area contributed by atoms with Gasteiger partial charge < -0.3 is 13.9 Å². The van der Waals surface area contributed by atoms with E-state index in [9.17, 15) is 9.59 Å². The van der Waals surface area contributed by atoms with Crippen LogP contribution in [0.1, 0.15) is 27.7 Å². The molecule has 146 valence electrons. The Bertz CT molecular complexity index is 1210. The number of carbonyl (C=O) groups is 1. The molecule has 0 unspecified atom stereocenters. The number of fused-ring (bicyclic) bond motifs is 1. The third-order valence-electron chi connectivity index (χ3n) is 4.27. The normalized spacial score (nSPS) is 10.8. The van der Waals surface area contributed by atoms with Crippen molar-refractivity contribution in [1.29, 1.82) is 0 Å². The van der Waals surface area contributed by atoms with Crippen LogP contribution in [-0.4, -0.2) is 15.4 Å². The topological polar surface area (TPSA) is 83.0 Å². The van der Waals surface area contributed by atoms with Gasteiger partial charge in [-0.2, -0.15) is 0 Å². The lowest BCUT2D eigenvalue weighted by atomic mass is 10.3. The molecular weight excluding hydrogens is 372 g/mol. The number of pyridine rings is 1. The summed E-state index contributed by atoms with van der Waals surface area (Å²) in [6, 6.07) is 19.2. The van der Waals surface area contributed by atoms with Crippen molar-refractivity contribution in [1.82, 2.24) is 9.38 Å². The van der Waals surface area contributed by atoms with Crippen molar-refractivity contribution in [2.24, 2.45) is 0 Å². The Kier molecular flexibility index (Phi) is 5.11. The van der Waals surface area contributed by atoms with Crippen LogP contribution in [0.4, 0.5) is 0 Å². The summed E-state index contributed by atoms with van der Waals surface area (Å²) in [6.07, 6.45) is 0. The molecule has 0 amide bonds. The summed E-state index contributed by atoms with van der Waals surface area (Å²) in [4.78, 5) is 28.9. The second-order valence-corrected chi connectivity index (χ2v) is 6.39. The number of para-hydroxylation sites is 1. The van der Waals surface area contributed by atoms with Gasteiger partial charge >= 0.3 is 5.97 Å². The van der Waals surface area contributed by atoms with Crippen molar-refractivity contribution < 1.29 is 18.7 Å². The molecule has 0 saturated carbocycles. The largest absolute Gasteiger partial charge is 0.486 e. The van der Waals surface area contributed by atoms with E-state index in [0.717, 1.165) is 5.69 Å². The van der Waals surface area contributed by atoms with Crippen molar-refractivity contribution in [3.05, 3.63) is 100.0 Å². The monoisotopic (exact) mass is 390 g/mol. The quantitative estimate of drug-likeness (QED) is 0.469. The number of aromatic nitrogens is 2. The summed E-state index contributed by atoms with van der Waals surface area (Å²) in [7, 11) is 0. The summed E-state index contributed by atoms with van der Waals surface area (Å²) in [5.41, 5.74) is 1.43. The smallest absolute Gasteiger partial charge is 0.374 e. The Morgan fingerprint density at radius 2 is 1.86 bits per heavy atom.